The summed E-state index contributed by atoms with van der Waals surface area (Å²) in [5.41, 5.74) is 6.30. The number of methoxy groups -OCH3 is 1. The number of piperidine rings is 1. The molecule has 0 saturated carbocycles. The van der Waals surface area contributed by atoms with E-state index >= 15 is 0 Å². The third-order valence-corrected chi connectivity index (χ3v) is 4.27. The van der Waals surface area contributed by atoms with E-state index in [1.807, 2.05) is 7.11 Å². The Hall–Kier alpha value is -0.160. The molecular formula is C13H26N2O2. The zero-order valence-corrected chi connectivity index (χ0v) is 11.2. The number of hydrogen-bond acceptors (Lipinski definition) is 4. The Morgan fingerprint density at radius 3 is 3.06 bits per heavy atom. The van der Waals surface area contributed by atoms with Gasteiger partial charge < -0.3 is 15.2 Å². The lowest BCUT2D eigenvalue weighted by Crippen LogP contribution is -2.52. The highest BCUT2D eigenvalue weighted by molar-refractivity contribution is 4.87. The minimum Gasteiger partial charge on any atom is -0.381 e. The smallest absolute Gasteiger partial charge is 0.0777 e. The van der Waals surface area contributed by atoms with E-state index in [9.17, 15) is 0 Å². The number of ether oxygens (including phenoxy) is 2. The van der Waals surface area contributed by atoms with Crippen LogP contribution >= 0.6 is 0 Å². The van der Waals surface area contributed by atoms with Crippen LogP contribution in [0.5, 0.6) is 0 Å². The van der Waals surface area contributed by atoms with Crippen molar-refractivity contribution < 1.29 is 9.47 Å². The van der Waals surface area contributed by atoms with E-state index in [0.717, 1.165) is 45.7 Å². The first-order valence-electron chi connectivity index (χ1n) is 6.74. The lowest BCUT2D eigenvalue weighted by Gasteiger charge is -2.40. The Balaban J connectivity index is 1.81. The Labute approximate surface area is 104 Å². The van der Waals surface area contributed by atoms with Crippen LogP contribution in [0.3, 0.4) is 0 Å². The Morgan fingerprint density at radius 2 is 2.41 bits per heavy atom. The molecule has 0 aliphatic carbocycles. The molecule has 4 heteroatoms. The van der Waals surface area contributed by atoms with Gasteiger partial charge in [0.25, 0.3) is 0 Å². The van der Waals surface area contributed by atoms with E-state index in [0.29, 0.717) is 5.92 Å². The third-order valence-electron chi connectivity index (χ3n) is 4.27. The molecule has 2 aliphatic heterocycles. The summed E-state index contributed by atoms with van der Waals surface area (Å²) in [4.78, 5) is 2.45. The molecule has 17 heavy (non-hydrogen) atoms. The van der Waals surface area contributed by atoms with E-state index in [4.69, 9.17) is 15.2 Å². The zero-order valence-electron chi connectivity index (χ0n) is 11.2. The second-order valence-electron chi connectivity index (χ2n) is 5.78. The first kappa shape index (κ1) is 13.3. The van der Waals surface area contributed by atoms with Crippen LogP contribution in [-0.2, 0) is 9.47 Å². The lowest BCUT2D eigenvalue weighted by atomic mass is 9.93. The van der Waals surface area contributed by atoms with Crippen LogP contribution in [0.4, 0.5) is 0 Å². The van der Waals surface area contributed by atoms with Gasteiger partial charge in [-0.3, -0.25) is 4.90 Å². The maximum Gasteiger partial charge on any atom is 0.0777 e. The van der Waals surface area contributed by atoms with Gasteiger partial charge in [0, 0.05) is 38.8 Å². The van der Waals surface area contributed by atoms with E-state index in [-0.39, 0.29) is 11.6 Å². The van der Waals surface area contributed by atoms with Crippen molar-refractivity contribution in [3.8, 4) is 0 Å². The van der Waals surface area contributed by atoms with Crippen molar-refractivity contribution in [3.05, 3.63) is 0 Å². The van der Waals surface area contributed by atoms with Crippen molar-refractivity contribution in [2.45, 2.75) is 37.8 Å². The Bertz CT molecular complexity index is 244. The SMILES string of the molecule is COC1(C)CCCN(CC(N)C2CCOC2)C1. The van der Waals surface area contributed by atoms with Gasteiger partial charge in [-0.15, -0.1) is 0 Å². The van der Waals surface area contributed by atoms with Crippen LogP contribution in [0.25, 0.3) is 0 Å². The van der Waals surface area contributed by atoms with E-state index in [2.05, 4.69) is 11.8 Å². The summed E-state index contributed by atoms with van der Waals surface area (Å²) in [6.45, 7) is 7.06. The van der Waals surface area contributed by atoms with Gasteiger partial charge in [0.1, 0.15) is 0 Å². The van der Waals surface area contributed by atoms with Crippen LogP contribution in [0.15, 0.2) is 0 Å². The minimum absolute atomic E-state index is 0.0180. The molecule has 0 aromatic rings. The highest BCUT2D eigenvalue weighted by Crippen LogP contribution is 2.25. The molecule has 100 valence electrons. The molecule has 0 aromatic heterocycles. The molecule has 3 unspecified atom stereocenters. The number of nitrogens with two attached hydrogens (primary N) is 1. The first-order valence-corrected chi connectivity index (χ1v) is 6.74. The fraction of sp³-hybridized carbons (Fsp3) is 1.00. The number of nitrogens with zero attached hydrogens (tertiary/aromatic N) is 1. The average Bonchev–Trinajstić information content (AvgIpc) is 2.82. The van der Waals surface area contributed by atoms with Gasteiger partial charge >= 0.3 is 0 Å². The summed E-state index contributed by atoms with van der Waals surface area (Å²) in [6, 6.07) is 0.247. The second-order valence-corrected chi connectivity index (χ2v) is 5.78. The zero-order chi connectivity index (χ0) is 12.3. The summed E-state index contributed by atoms with van der Waals surface area (Å²) in [7, 11) is 1.81. The Kier molecular flexibility index (Phi) is 4.42. The standard InChI is InChI=1S/C13H26N2O2/c1-13(16-2)5-3-6-15(10-13)8-12(14)11-4-7-17-9-11/h11-12H,3-10,14H2,1-2H3. The molecule has 2 aliphatic rings. The quantitative estimate of drug-likeness (QED) is 0.794. The molecule has 2 rings (SSSR count). The molecule has 2 N–H and O–H groups in total. The highest BCUT2D eigenvalue weighted by atomic mass is 16.5. The molecule has 2 heterocycles. The summed E-state index contributed by atoms with van der Waals surface area (Å²) in [6.07, 6.45) is 3.48. The summed E-state index contributed by atoms with van der Waals surface area (Å²) in [5.74, 6) is 0.547. The van der Waals surface area contributed by atoms with Gasteiger partial charge in [-0.2, -0.15) is 0 Å². The van der Waals surface area contributed by atoms with Crippen LogP contribution in [0.2, 0.25) is 0 Å². The molecule has 2 saturated heterocycles. The molecule has 0 radical (unpaired) electrons. The first-order chi connectivity index (χ1) is 8.13. The van der Waals surface area contributed by atoms with Crippen molar-refractivity contribution in [2.24, 2.45) is 11.7 Å². The minimum atomic E-state index is 0.0180. The van der Waals surface area contributed by atoms with Gasteiger partial charge in [0.15, 0.2) is 0 Å². The highest BCUT2D eigenvalue weighted by Gasteiger charge is 2.32. The topological polar surface area (TPSA) is 47.7 Å². The van der Waals surface area contributed by atoms with Crippen molar-refractivity contribution in [1.82, 2.24) is 4.90 Å². The van der Waals surface area contributed by atoms with Crippen LogP contribution in [0.1, 0.15) is 26.2 Å². The van der Waals surface area contributed by atoms with Crippen molar-refractivity contribution in [3.63, 3.8) is 0 Å². The molecule has 0 aromatic carbocycles. The monoisotopic (exact) mass is 242 g/mol. The summed E-state index contributed by atoms with van der Waals surface area (Å²) < 4.78 is 11.0. The predicted octanol–water partition coefficient (Wildman–Crippen LogP) is 0.851. The van der Waals surface area contributed by atoms with E-state index < -0.39 is 0 Å². The molecule has 3 atom stereocenters. The van der Waals surface area contributed by atoms with Gasteiger partial charge in [-0.25, -0.2) is 0 Å². The predicted molar refractivity (Wildman–Crippen MR) is 68.0 cm³/mol. The number of likely N-dealkylation sites (tertiary alicyclic amines) is 1. The van der Waals surface area contributed by atoms with Gasteiger partial charge in [-0.1, -0.05) is 0 Å². The van der Waals surface area contributed by atoms with Crippen molar-refractivity contribution >= 4 is 0 Å². The van der Waals surface area contributed by atoms with Gasteiger partial charge in [0.05, 0.1) is 12.2 Å². The average molecular weight is 242 g/mol. The molecular weight excluding hydrogens is 216 g/mol. The summed E-state index contributed by atoms with van der Waals surface area (Å²) in [5, 5.41) is 0. The molecule has 2 fully saturated rings. The molecule has 4 nitrogen and oxygen atoms in total. The van der Waals surface area contributed by atoms with Crippen LogP contribution in [-0.4, -0.2) is 56.5 Å². The third kappa shape index (κ3) is 3.41. The fourth-order valence-electron chi connectivity index (χ4n) is 2.97. The van der Waals surface area contributed by atoms with E-state index in [1.54, 1.807) is 0 Å². The maximum absolute atomic E-state index is 6.28. The number of hydrogen-bond donors (Lipinski definition) is 1. The van der Waals surface area contributed by atoms with Crippen LogP contribution in [0, 0.1) is 5.92 Å². The van der Waals surface area contributed by atoms with Crippen molar-refractivity contribution in [2.75, 3.05) is 40.0 Å². The fourth-order valence-corrected chi connectivity index (χ4v) is 2.97. The largest absolute Gasteiger partial charge is 0.381 e. The lowest BCUT2D eigenvalue weighted by molar-refractivity contribution is -0.0526. The van der Waals surface area contributed by atoms with E-state index in [1.165, 1.54) is 6.42 Å². The maximum atomic E-state index is 6.28. The number of rotatable bonds is 4. The normalized spacial score (nSPS) is 37.2. The molecule has 0 spiro atoms. The molecule has 0 amide bonds. The second kappa shape index (κ2) is 5.65. The van der Waals surface area contributed by atoms with Gasteiger partial charge in [-0.05, 0) is 32.7 Å². The van der Waals surface area contributed by atoms with Crippen molar-refractivity contribution in [1.29, 1.82) is 0 Å². The van der Waals surface area contributed by atoms with Gasteiger partial charge in [0.2, 0.25) is 0 Å². The Morgan fingerprint density at radius 1 is 1.59 bits per heavy atom. The van der Waals surface area contributed by atoms with Crippen LogP contribution < -0.4 is 5.73 Å². The molecule has 0 bridgehead atoms. The summed E-state index contributed by atoms with van der Waals surface area (Å²) >= 11 is 0.